The van der Waals surface area contributed by atoms with Gasteiger partial charge in [0.15, 0.2) is 5.82 Å². The molecular weight excluding hydrogens is 540 g/mol. The average Bonchev–Trinajstić information content (AvgIpc) is 3.64. The summed E-state index contributed by atoms with van der Waals surface area (Å²) in [7, 11) is 2.08. The Bertz CT molecular complexity index is 1740. The van der Waals surface area contributed by atoms with E-state index in [0.717, 1.165) is 43.5 Å². The van der Waals surface area contributed by atoms with Crippen LogP contribution in [0.1, 0.15) is 31.8 Å². The van der Waals surface area contributed by atoms with Gasteiger partial charge in [-0.15, -0.1) is 0 Å². The number of likely N-dealkylation sites (N-methyl/N-ethyl adjacent to an activating group) is 1. The normalized spacial score (nSPS) is 13.8. The number of aromatic nitrogens is 3. The topological polar surface area (TPSA) is 109 Å². The number of anilines is 3. The van der Waals surface area contributed by atoms with Crippen molar-refractivity contribution >= 4 is 39.9 Å². The maximum atomic E-state index is 13.7. The second-order valence-electron chi connectivity index (χ2n) is 10.4. The number of aromatic amines is 2. The molecule has 0 unspecified atom stereocenters. The van der Waals surface area contributed by atoms with Crippen LogP contribution >= 0.6 is 0 Å². The van der Waals surface area contributed by atoms with E-state index in [-0.39, 0.29) is 11.5 Å². The minimum Gasteiger partial charge on any atom is -0.369 e. The molecule has 0 bridgehead atoms. The lowest BCUT2D eigenvalue weighted by Crippen LogP contribution is -2.44. The Kier molecular flexibility index (Phi) is 7.41. The zero-order chi connectivity index (χ0) is 29.2. The molecule has 1 aliphatic heterocycles. The van der Waals surface area contributed by atoms with Crippen LogP contribution in [0.3, 0.4) is 0 Å². The molecule has 1 aliphatic rings. The van der Waals surface area contributed by atoms with Gasteiger partial charge in [-0.1, -0.05) is 6.07 Å². The molecule has 1 fully saturated rings. The number of carbonyl (C=O) groups excluding carboxylic acids is 2. The first-order valence-corrected chi connectivity index (χ1v) is 13.6. The molecule has 42 heavy (non-hydrogen) atoms. The number of nitrogens with zero attached hydrogens (tertiary/aromatic N) is 3. The van der Waals surface area contributed by atoms with E-state index in [4.69, 9.17) is 0 Å². The van der Waals surface area contributed by atoms with Crippen LogP contribution < -0.4 is 15.5 Å². The van der Waals surface area contributed by atoms with Crippen molar-refractivity contribution in [2.45, 2.75) is 6.42 Å². The molecule has 11 heteroatoms. The van der Waals surface area contributed by atoms with Crippen molar-refractivity contribution in [3.05, 3.63) is 107 Å². The Balaban J connectivity index is 1.28. The highest BCUT2D eigenvalue weighted by Gasteiger charge is 2.21. The van der Waals surface area contributed by atoms with Crippen LogP contribution in [0.4, 0.5) is 26.0 Å². The van der Waals surface area contributed by atoms with Crippen molar-refractivity contribution in [3.63, 3.8) is 0 Å². The molecular formula is C31H29F2N7O2. The van der Waals surface area contributed by atoms with E-state index in [1.54, 1.807) is 30.6 Å². The van der Waals surface area contributed by atoms with Gasteiger partial charge in [-0.3, -0.25) is 14.7 Å². The second kappa shape index (κ2) is 11.5. The van der Waals surface area contributed by atoms with Gasteiger partial charge >= 0.3 is 0 Å². The van der Waals surface area contributed by atoms with Crippen molar-refractivity contribution in [3.8, 4) is 0 Å². The van der Waals surface area contributed by atoms with Crippen LogP contribution in [-0.2, 0) is 6.42 Å². The molecule has 9 nitrogen and oxygen atoms in total. The number of fused-ring (bicyclic) bond motifs is 1. The molecule has 2 aromatic heterocycles. The molecule has 4 N–H and O–H groups in total. The lowest BCUT2D eigenvalue weighted by molar-refractivity contribution is 0.102. The van der Waals surface area contributed by atoms with Gasteiger partial charge in [0.1, 0.15) is 11.6 Å². The van der Waals surface area contributed by atoms with E-state index in [1.165, 1.54) is 12.1 Å². The number of rotatable bonds is 7. The minimum atomic E-state index is -0.639. The lowest BCUT2D eigenvalue weighted by Gasteiger charge is -2.34. The minimum absolute atomic E-state index is 0.277. The number of benzene rings is 3. The number of hydrogen-bond donors (Lipinski definition) is 4. The summed E-state index contributed by atoms with van der Waals surface area (Å²) in [5, 5.41) is 13.6. The third-order valence-electron chi connectivity index (χ3n) is 7.41. The zero-order valence-corrected chi connectivity index (χ0v) is 22.9. The van der Waals surface area contributed by atoms with Gasteiger partial charge in [0, 0.05) is 55.7 Å². The fourth-order valence-electron chi connectivity index (χ4n) is 5.14. The van der Waals surface area contributed by atoms with Gasteiger partial charge < -0.3 is 25.4 Å². The highest BCUT2D eigenvalue weighted by atomic mass is 19.1. The van der Waals surface area contributed by atoms with E-state index in [2.05, 4.69) is 42.7 Å². The van der Waals surface area contributed by atoms with Crippen LogP contribution in [-0.4, -0.2) is 65.1 Å². The Labute approximate surface area is 240 Å². The molecule has 3 heterocycles. The van der Waals surface area contributed by atoms with Gasteiger partial charge in [-0.25, -0.2) is 8.78 Å². The molecule has 0 spiro atoms. The summed E-state index contributed by atoms with van der Waals surface area (Å²) in [6.45, 7) is 3.49. The SMILES string of the molecule is CN1CCN(c2ccc(C(=O)Nc3n[nH]c4ccc(Cc5cc(F)cc(F)c5)cc34)c(NC(=O)c3cc[nH]c3)c2)CC1. The van der Waals surface area contributed by atoms with E-state index in [1.807, 2.05) is 24.3 Å². The Morgan fingerprint density at radius 2 is 1.67 bits per heavy atom. The summed E-state index contributed by atoms with van der Waals surface area (Å²) in [5.74, 6) is -1.77. The van der Waals surface area contributed by atoms with Gasteiger partial charge in [-0.05, 0) is 73.1 Å². The third-order valence-corrected chi connectivity index (χ3v) is 7.41. The molecule has 214 valence electrons. The summed E-state index contributed by atoms with van der Waals surface area (Å²) in [5.41, 5.74) is 3.97. The smallest absolute Gasteiger partial charge is 0.258 e. The maximum Gasteiger partial charge on any atom is 0.258 e. The highest BCUT2D eigenvalue weighted by Crippen LogP contribution is 2.28. The quantitative estimate of drug-likeness (QED) is 0.220. The zero-order valence-electron chi connectivity index (χ0n) is 22.9. The summed E-state index contributed by atoms with van der Waals surface area (Å²) < 4.78 is 27.4. The summed E-state index contributed by atoms with van der Waals surface area (Å²) in [6.07, 6.45) is 3.54. The van der Waals surface area contributed by atoms with Crippen molar-refractivity contribution in [1.82, 2.24) is 20.1 Å². The van der Waals surface area contributed by atoms with E-state index >= 15 is 0 Å². The molecule has 2 amide bonds. The Morgan fingerprint density at radius 1 is 0.881 bits per heavy atom. The Hall–Kier alpha value is -5.03. The molecule has 0 saturated carbocycles. The van der Waals surface area contributed by atoms with Crippen molar-refractivity contribution < 1.29 is 18.4 Å². The number of amides is 2. The van der Waals surface area contributed by atoms with Crippen LogP contribution in [0.15, 0.2) is 73.1 Å². The predicted molar refractivity (Wildman–Crippen MR) is 158 cm³/mol. The fourth-order valence-corrected chi connectivity index (χ4v) is 5.14. The van der Waals surface area contributed by atoms with Crippen LogP contribution in [0.5, 0.6) is 0 Å². The summed E-state index contributed by atoms with van der Waals surface area (Å²) in [4.78, 5) is 33.9. The van der Waals surface area contributed by atoms with Gasteiger partial charge in [0.05, 0.1) is 22.3 Å². The monoisotopic (exact) mass is 569 g/mol. The molecule has 0 atom stereocenters. The fraction of sp³-hybridized carbons (Fsp3) is 0.194. The first kappa shape index (κ1) is 27.2. The number of halogens is 2. The molecule has 0 radical (unpaired) electrons. The molecule has 3 aromatic carbocycles. The van der Waals surface area contributed by atoms with Crippen LogP contribution in [0, 0.1) is 11.6 Å². The first-order valence-electron chi connectivity index (χ1n) is 13.6. The van der Waals surface area contributed by atoms with E-state index < -0.39 is 17.5 Å². The summed E-state index contributed by atoms with van der Waals surface area (Å²) >= 11 is 0. The van der Waals surface area contributed by atoms with Crippen molar-refractivity contribution in [1.29, 1.82) is 0 Å². The largest absolute Gasteiger partial charge is 0.369 e. The van der Waals surface area contributed by atoms with Crippen LogP contribution in [0.25, 0.3) is 10.9 Å². The third kappa shape index (κ3) is 5.86. The number of piperazine rings is 1. The van der Waals surface area contributed by atoms with Gasteiger partial charge in [0.25, 0.3) is 11.8 Å². The van der Waals surface area contributed by atoms with Crippen molar-refractivity contribution in [2.75, 3.05) is 48.8 Å². The standard InChI is InChI=1S/C31H29F2N7O2/c1-39-8-10-40(11-9-39)24-3-4-25(28(17-24)35-30(41)21-6-7-34-18-21)31(42)36-29-26-15-19(2-5-27(26)37-38-29)12-20-13-22(32)16-23(33)14-20/h2-7,13-18,34H,8-12H2,1H3,(H,35,41)(H2,36,37,38,42). The maximum absolute atomic E-state index is 13.7. The Morgan fingerprint density at radius 3 is 2.40 bits per heavy atom. The average molecular weight is 570 g/mol. The van der Waals surface area contributed by atoms with E-state index in [0.29, 0.717) is 40.0 Å². The number of nitrogens with one attached hydrogen (secondary N) is 4. The number of hydrogen-bond acceptors (Lipinski definition) is 5. The molecule has 0 aliphatic carbocycles. The second-order valence-corrected chi connectivity index (χ2v) is 10.4. The molecule has 1 saturated heterocycles. The highest BCUT2D eigenvalue weighted by molar-refractivity contribution is 6.14. The van der Waals surface area contributed by atoms with E-state index in [9.17, 15) is 18.4 Å². The summed E-state index contributed by atoms with van der Waals surface area (Å²) in [6, 6.07) is 15.9. The number of H-pyrrole nitrogens is 2. The molecule has 6 rings (SSSR count). The number of carbonyl (C=O) groups is 2. The first-order chi connectivity index (χ1) is 20.3. The molecule has 5 aromatic rings. The van der Waals surface area contributed by atoms with Crippen LogP contribution in [0.2, 0.25) is 0 Å². The predicted octanol–water partition coefficient (Wildman–Crippen LogP) is 5.02. The van der Waals surface area contributed by atoms with Gasteiger partial charge in [-0.2, -0.15) is 5.10 Å². The lowest BCUT2D eigenvalue weighted by atomic mass is 10.0. The van der Waals surface area contributed by atoms with Crippen molar-refractivity contribution in [2.24, 2.45) is 0 Å². The van der Waals surface area contributed by atoms with Gasteiger partial charge in [0.2, 0.25) is 0 Å².